The minimum absolute atomic E-state index is 0.118. The van der Waals surface area contributed by atoms with E-state index in [4.69, 9.17) is 10.5 Å². The highest BCUT2D eigenvalue weighted by Gasteiger charge is 2.33. The highest BCUT2D eigenvalue weighted by molar-refractivity contribution is 5.72. The maximum atomic E-state index is 12.4. The third-order valence-corrected chi connectivity index (χ3v) is 2.50. The van der Waals surface area contributed by atoms with Gasteiger partial charge in [0.25, 0.3) is 0 Å². The summed E-state index contributed by atoms with van der Waals surface area (Å²) in [7, 11) is 0. The van der Waals surface area contributed by atoms with Crippen molar-refractivity contribution in [3.05, 3.63) is 23.0 Å². The SMILES string of the molecule is CCOC(=O)Cc1ncc(CN)c(OC(F)(F)F)c1C. The van der Waals surface area contributed by atoms with Crippen LogP contribution in [0.2, 0.25) is 0 Å². The summed E-state index contributed by atoms with van der Waals surface area (Å²) in [6.45, 7) is 3.05. The number of carbonyl (C=O) groups excluding carboxylic acids is 1. The molecule has 0 aliphatic heterocycles. The van der Waals surface area contributed by atoms with Crippen LogP contribution in [0, 0.1) is 6.92 Å². The standard InChI is InChI=1S/C12H15F3N2O3/c1-3-19-10(18)4-9-7(2)11(20-12(13,14)15)8(5-16)6-17-9/h6H,3-5,16H2,1-2H3. The van der Waals surface area contributed by atoms with Crippen LogP contribution in [0.1, 0.15) is 23.7 Å². The first-order chi connectivity index (χ1) is 9.28. The first kappa shape index (κ1) is 16.2. The van der Waals surface area contributed by atoms with Gasteiger partial charge in [0.15, 0.2) is 0 Å². The van der Waals surface area contributed by atoms with E-state index in [2.05, 4.69) is 9.72 Å². The van der Waals surface area contributed by atoms with Crippen molar-refractivity contribution < 1.29 is 27.4 Å². The molecule has 0 radical (unpaired) electrons. The number of carbonyl (C=O) groups is 1. The summed E-state index contributed by atoms with van der Waals surface area (Å²) in [5, 5.41) is 0. The van der Waals surface area contributed by atoms with Crippen molar-refractivity contribution >= 4 is 5.97 Å². The lowest BCUT2D eigenvalue weighted by atomic mass is 10.1. The van der Waals surface area contributed by atoms with E-state index in [-0.39, 0.29) is 36.4 Å². The molecule has 0 spiro atoms. The minimum atomic E-state index is -4.84. The number of nitrogens with zero attached hydrogens (tertiary/aromatic N) is 1. The third-order valence-electron chi connectivity index (χ3n) is 2.50. The van der Waals surface area contributed by atoms with Crippen molar-refractivity contribution in [3.8, 4) is 5.75 Å². The molecule has 0 aliphatic rings. The average molecular weight is 292 g/mol. The van der Waals surface area contributed by atoms with E-state index in [1.807, 2.05) is 0 Å². The summed E-state index contributed by atoms with van der Waals surface area (Å²) < 4.78 is 45.8. The second-order valence-corrected chi connectivity index (χ2v) is 3.92. The number of pyridine rings is 1. The van der Waals surface area contributed by atoms with Crippen molar-refractivity contribution in [1.82, 2.24) is 4.98 Å². The first-order valence-corrected chi connectivity index (χ1v) is 5.87. The van der Waals surface area contributed by atoms with Crippen LogP contribution >= 0.6 is 0 Å². The number of hydrogen-bond donors (Lipinski definition) is 1. The van der Waals surface area contributed by atoms with Gasteiger partial charge >= 0.3 is 12.3 Å². The number of esters is 1. The zero-order valence-electron chi connectivity index (χ0n) is 11.1. The highest BCUT2D eigenvalue weighted by Crippen LogP contribution is 2.31. The van der Waals surface area contributed by atoms with E-state index in [1.54, 1.807) is 6.92 Å². The van der Waals surface area contributed by atoms with E-state index < -0.39 is 18.1 Å². The summed E-state index contributed by atoms with van der Waals surface area (Å²) in [5.74, 6) is -0.976. The van der Waals surface area contributed by atoms with Crippen LogP contribution in [-0.2, 0) is 22.5 Å². The van der Waals surface area contributed by atoms with Gasteiger partial charge in [0, 0.05) is 23.9 Å². The van der Waals surface area contributed by atoms with Gasteiger partial charge in [-0.1, -0.05) is 0 Å². The van der Waals surface area contributed by atoms with Crippen molar-refractivity contribution in [1.29, 1.82) is 0 Å². The van der Waals surface area contributed by atoms with E-state index >= 15 is 0 Å². The van der Waals surface area contributed by atoms with Crippen LogP contribution in [0.3, 0.4) is 0 Å². The molecule has 0 bridgehead atoms. The third kappa shape index (κ3) is 4.37. The van der Waals surface area contributed by atoms with Gasteiger partial charge in [-0.25, -0.2) is 0 Å². The normalized spacial score (nSPS) is 11.3. The monoisotopic (exact) mass is 292 g/mol. The minimum Gasteiger partial charge on any atom is -0.466 e. The van der Waals surface area contributed by atoms with Crippen LogP contribution in [0.5, 0.6) is 5.75 Å². The van der Waals surface area contributed by atoms with Crippen molar-refractivity contribution in [3.63, 3.8) is 0 Å². The zero-order valence-corrected chi connectivity index (χ0v) is 11.1. The highest BCUT2D eigenvalue weighted by atomic mass is 19.4. The number of ether oxygens (including phenoxy) is 2. The van der Waals surface area contributed by atoms with Gasteiger partial charge in [-0.2, -0.15) is 0 Å². The molecule has 0 saturated carbocycles. The second kappa shape index (κ2) is 6.56. The molecule has 5 nitrogen and oxygen atoms in total. The predicted molar refractivity (Wildman–Crippen MR) is 63.9 cm³/mol. The Morgan fingerprint density at radius 2 is 2.10 bits per heavy atom. The lowest BCUT2D eigenvalue weighted by molar-refractivity contribution is -0.275. The number of nitrogens with two attached hydrogens (primary N) is 1. The molecule has 8 heteroatoms. The quantitative estimate of drug-likeness (QED) is 0.838. The molecule has 0 aromatic carbocycles. The Morgan fingerprint density at radius 1 is 1.45 bits per heavy atom. The van der Waals surface area contributed by atoms with E-state index in [9.17, 15) is 18.0 Å². The van der Waals surface area contributed by atoms with Gasteiger partial charge in [0.2, 0.25) is 0 Å². The maximum Gasteiger partial charge on any atom is 0.573 e. The van der Waals surface area contributed by atoms with Crippen molar-refractivity contribution in [2.45, 2.75) is 33.2 Å². The fraction of sp³-hybridized carbons (Fsp3) is 0.500. The second-order valence-electron chi connectivity index (χ2n) is 3.92. The molecule has 2 N–H and O–H groups in total. The van der Waals surface area contributed by atoms with Crippen LogP contribution in [0.4, 0.5) is 13.2 Å². The van der Waals surface area contributed by atoms with Crippen molar-refractivity contribution in [2.75, 3.05) is 6.61 Å². The lowest BCUT2D eigenvalue weighted by Gasteiger charge is -2.16. The van der Waals surface area contributed by atoms with Crippen LogP contribution < -0.4 is 10.5 Å². The summed E-state index contributed by atoms with van der Waals surface area (Å²) in [6.07, 6.45) is -3.89. The Kier molecular flexibility index (Phi) is 5.32. The van der Waals surface area contributed by atoms with Gasteiger partial charge in [-0.15, -0.1) is 13.2 Å². The number of alkyl halides is 3. The van der Waals surface area contributed by atoms with Crippen LogP contribution in [-0.4, -0.2) is 23.9 Å². The predicted octanol–water partition coefficient (Wildman–Crippen LogP) is 1.85. The fourth-order valence-corrected chi connectivity index (χ4v) is 1.61. The summed E-state index contributed by atoms with van der Waals surface area (Å²) in [6, 6.07) is 0. The summed E-state index contributed by atoms with van der Waals surface area (Å²) in [5.41, 5.74) is 5.77. The summed E-state index contributed by atoms with van der Waals surface area (Å²) >= 11 is 0. The molecule has 1 rings (SSSR count). The Hall–Kier alpha value is -1.83. The smallest absolute Gasteiger partial charge is 0.466 e. The number of aromatic nitrogens is 1. The molecular weight excluding hydrogens is 277 g/mol. The molecule has 0 unspecified atom stereocenters. The van der Waals surface area contributed by atoms with Gasteiger partial charge in [0.05, 0.1) is 18.7 Å². The molecule has 20 heavy (non-hydrogen) atoms. The Labute approximate surface area is 113 Å². The fourth-order valence-electron chi connectivity index (χ4n) is 1.61. The molecule has 0 amide bonds. The van der Waals surface area contributed by atoms with Gasteiger partial charge < -0.3 is 15.2 Å². The molecule has 0 atom stereocenters. The largest absolute Gasteiger partial charge is 0.573 e. The Morgan fingerprint density at radius 3 is 2.60 bits per heavy atom. The first-order valence-electron chi connectivity index (χ1n) is 5.87. The average Bonchev–Trinajstić information content (AvgIpc) is 2.33. The number of hydrogen-bond acceptors (Lipinski definition) is 5. The molecule has 0 fully saturated rings. The van der Waals surface area contributed by atoms with Gasteiger partial charge in [-0.05, 0) is 13.8 Å². The Bertz CT molecular complexity index is 490. The molecule has 0 saturated heterocycles. The van der Waals surface area contributed by atoms with Crippen molar-refractivity contribution in [2.24, 2.45) is 5.73 Å². The molecule has 1 heterocycles. The molecule has 1 aromatic heterocycles. The van der Waals surface area contributed by atoms with E-state index in [0.29, 0.717) is 0 Å². The topological polar surface area (TPSA) is 74.4 Å². The molecule has 0 aliphatic carbocycles. The van der Waals surface area contributed by atoms with E-state index in [0.717, 1.165) is 0 Å². The number of halogens is 3. The maximum absolute atomic E-state index is 12.4. The molecular formula is C12H15F3N2O3. The lowest BCUT2D eigenvalue weighted by Crippen LogP contribution is -2.21. The molecule has 112 valence electrons. The zero-order chi connectivity index (χ0) is 15.3. The van der Waals surface area contributed by atoms with Crippen LogP contribution in [0.15, 0.2) is 6.20 Å². The number of rotatable bonds is 5. The van der Waals surface area contributed by atoms with E-state index in [1.165, 1.54) is 13.1 Å². The summed E-state index contributed by atoms with van der Waals surface area (Å²) in [4.78, 5) is 15.3. The molecule has 1 aromatic rings. The van der Waals surface area contributed by atoms with Crippen LogP contribution in [0.25, 0.3) is 0 Å². The Balaban J connectivity index is 3.11. The van der Waals surface area contributed by atoms with Gasteiger partial charge in [0.1, 0.15) is 5.75 Å². The van der Waals surface area contributed by atoms with Gasteiger partial charge in [-0.3, -0.25) is 9.78 Å².